The number of hydrogen-bond donors (Lipinski definition) is 2. The standard InChI is InChI=1S/C18H28N2O3/c1-13-9-14(2)11-17(10-13)23-8-6-19-18(22)20-7-4-5-16(12-20)15(3)21/h9-11,15-16,21H,4-8,12H2,1-3H3,(H,19,22)/t15-,16+/m0/s1. The van der Waals surface area contributed by atoms with Crippen molar-refractivity contribution in [2.45, 2.75) is 39.7 Å². The van der Waals surface area contributed by atoms with E-state index in [4.69, 9.17) is 4.74 Å². The third-order valence-corrected chi connectivity index (χ3v) is 4.27. The largest absolute Gasteiger partial charge is 0.492 e. The predicted molar refractivity (Wildman–Crippen MR) is 90.8 cm³/mol. The number of amides is 2. The van der Waals surface area contributed by atoms with Gasteiger partial charge in [0.1, 0.15) is 12.4 Å². The first-order chi connectivity index (χ1) is 11.0. The first-order valence-electron chi connectivity index (χ1n) is 8.37. The quantitative estimate of drug-likeness (QED) is 0.819. The third kappa shape index (κ3) is 5.43. The van der Waals surface area contributed by atoms with Gasteiger partial charge in [0.25, 0.3) is 0 Å². The lowest BCUT2D eigenvalue weighted by Crippen LogP contribution is -2.48. The molecule has 0 unspecified atom stereocenters. The number of aliphatic hydroxyl groups is 1. The molecule has 5 nitrogen and oxygen atoms in total. The lowest BCUT2D eigenvalue weighted by atomic mass is 9.94. The summed E-state index contributed by atoms with van der Waals surface area (Å²) in [5.74, 6) is 1.02. The number of rotatable bonds is 5. The van der Waals surface area contributed by atoms with Crippen molar-refractivity contribution in [2.75, 3.05) is 26.2 Å². The molecule has 1 aromatic carbocycles. The van der Waals surface area contributed by atoms with Gasteiger partial charge in [0.2, 0.25) is 0 Å². The summed E-state index contributed by atoms with van der Waals surface area (Å²) in [6, 6.07) is 6.02. The van der Waals surface area contributed by atoms with Crippen molar-refractivity contribution in [3.05, 3.63) is 29.3 Å². The second kappa shape index (κ2) is 8.20. The zero-order valence-corrected chi connectivity index (χ0v) is 14.3. The third-order valence-electron chi connectivity index (χ3n) is 4.27. The Kier molecular flexibility index (Phi) is 6.28. The summed E-state index contributed by atoms with van der Waals surface area (Å²) < 4.78 is 5.69. The molecule has 0 aliphatic carbocycles. The van der Waals surface area contributed by atoms with Gasteiger partial charge < -0.3 is 20.1 Å². The molecule has 0 radical (unpaired) electrons. The SMILES string of the molecule is Cc1cc(C)cc(OCCNC(=O)N2CCC[C@@H]([C@H](C)O)C2)c1. The minimum atomic E-state index is -0.363. The molecule has 0 aromatic heterocycles. The van der Waals surface area contributed by atoms with Gasteiger partial charge in [-0.05, 0) is 56.9 Å². The number of nitrogens with zero attached hydrogens (tertiary/aromatic N) is 1. The van der Waals surface area contributed by atoms with E-state index in [2.05, 4.69) is 11.4 Å². The molecule has 1 aromatic rings. The molecule has 1 aliphatic heterocycles. The summed E-state index contributed by atoms with van der Waals surface area (Å²) in [4.78, 5) is 14.0. The maximum Gasteiger partial charge on any atom is 0.317 e. The van der Waals surface area contributed by atoms with E-state index in [0.29, 0.717) is 19.7 Å². The molecule has 1 heterocycles. The van der Waals surface area contributed by atoms with Crippen molar-refractivity contribution in [1.82, 2.24) is 10.2 Å². The van der Waals surface area contributed by atoms with Crippen LogP contribution in [0.1, 0.15) is 30.9 Å². The molecule has 5 heteroatoms. The summed E-state index contributed by atoms with van der Waals surface area (Å²) in [7, 11) is 0. The fourth-order valence-electron chi connectivity index (χ4n) is 3.04. The maximum atomic E-state index is 12.2. The summed E-state index contributed by atoms with van der Waals surface area (Å²) in [6.07, 6.45) is 1.57. The van der Waals surface area contributed by atoms with Gasteiger partial charge in [-0.25, -0.2) is 4.79 Å². The Labute approximate surface area is 138 Å². The average molecular weight is 320 g/mol. The second-order valence-electron chi connectivity index (χ2n) is 6.49. The van der Waals surface area contributed by atoms with E-state index in [0.717, 1.165) is 25.1 Å². The van der Waals surface area contributed by atoms with Crippen molar-refractivity contribution in [3.8, 4) is 5.75 Å². The Morgan fingerprint density at radius 3 is 2.74 bits per heavy atom. The number of carbonyl (C=O) groups is 1. The molecule has 2 amide bonds. The minimum absolute atomic E-state index is 0.0700. The number of ether oxygens (including phenoxy) is 1. The summed E-state index contributed by atoms with van der Waals surface area (Å²) in [6.45, 7) is 8.18. The highest BCUT2D eigenvalue weighted by atomic mass is 16.5. The first kappa shape index (κ1) is 17.6. The van der Waals surface area contributed by atoms with Crippen molar-refractivity contribution >= 4 is 6.03 Å². The number of piperidine rings is 1. The van der Waals surface area contributed by atoms with Crippen LogP contribution in [-0.2, 0) is 0 Å². The average Bonchev–Trinajstić information content (AvgIpc) is 2.50. The van der Waals surface area contributed by atoms with Crippen LogP contribution >= 0.6 is 0 Å². The van der Waals surface area contributed by atoms with Crippen molar-refractivity contribution in [3.63, 3.8) is 0 Å². The van der Waals surface area contributed by atoms with Crippen molar-refractivity contribution < 1.29 is 14.6 Å². The van der Waals surface area contributed by atoms with E-state index in [-0.39, 0.29) is 18.1 Å². The zero-order chi connectivity index (χ0) is 16.8. The highest BCUT2D eigenvalue weighted by Crippen LogP contribution is 2.19. The molecule has 2 N–H and O–H groups in total. The van der Waals surface area contributed by atoms with Crippen LogP contribution in [0.4, 0.5) is 4.79 Å². The molecule has 2 atom stereocenters. The molecule has 1 aliphatic rings. The van der Waals surface area contributed by atoms with Gasteiger partial charge in [-0.15, -0.1) is 0 Å². The van der Waals surface area contributed by atoms with Gasteiger partial charge in [-0.2, -0.15) is 0 Å². The number of urea groups is 1. The normalized spacial score (nSPS) is 19.3. The molecule has 0 saturated carbocycles. The Morgan fingerprint density at radius 1 is 1.39 bits per heavy atom. The molecule has 1 fully saturated rings. The van der Waals surface area contributed by atoms with Crippen LogP contribution in [0.25, 0.3) is 0 Å². The Balaban J connectivity index is 1.72. The fourth-order valence-corrected chi connectivity index (χ4v) is 3.04. The molecule has 128 valence electrons. The molecule has 0 spiro atoms. The Hall–Kier alpha value is -1.75. The van der Waals surface area contributed by atoms with Gasteiger partial charge in [-0.1, -0.05) is 6.07 Å². The monoisotopic (exact) mass is 320 g/mol. The molecule has 2 rings (SSSR count). The number of aryl methyl sites for hydroxylation is 2. The Bertz CT molecular complexity index is 511. The van der Waals surface area contributed by atoms with Crippen LogP contribution in [0.2, 0.25) is 0 Å². The fraction of sp³-hybridized carbons (Fsp3) is 0.611. The van der Waals surface area contributed by atoms with E-state index in [1.165, 1.54) is 11.1 Å². The smallest absolute Gasteiger partial charge is 0.317 e. The van der Waals surface area contributed by atoms with Gasteiger partial charge in [0, 0.05) is 19.0 Å². The first-order valence-corrected chi connectivity index (χ1v) is 8.37. The molecular formula is C18H28N2O3. The van der Waals surface area contributed by atoms with E-state index >= 15 is 0 Å². The van der Waals surface area contributed by atoms with Crippen LogP contribution < -0.4 is 10.1 Å². The molecular weight excluding hydrogens is 292 g/mol. The van der Waals surface area contributed by atoms with E-state index < -0.39 is 0 Å². The second-order valence-corrected chi connectivity index (χ2v) is 6.49. The topological polar surface area (TPSA) is 61.8 Å². The molecule has 1 saturated heterocycles. The summed E-state index contributed by atoms with van der Waals surface area (Å²) in [5.41, 5.74) is 2.34. The summed E-state index contributed by atoms with van der Waals surface area (Å²) in [5, 5.41) is 12.6. The van der Waals surface area contributed by atoms with Crippen LogP contribution in [0.15, 0.2) is 18.2 Å². The molecule has 23 heavy (non-hydrogen) atoms. The number of likely N-dealkylation sites (tertiary alicyclic amines) is 1. The Morgan fingerprint density at radius 2 is 2.09 bits per heavy atom. The predicted octanol–water partition coefficient (Wildman–Crippen LogP) is 2.48. The highest BCUT2D eigenvalue weighted by molar-refractivity contribution is 5.74. The van der Waals surface area contributed by atoms with E-state index in [1.54, 1.807) is 11.8 Å². The van der Waals surface area contributed by atoms with Crippen molar-refractivity contribution in [2.24, 2.45) is 5.92 Å². The lowest BCUT2D eigenvalue weighted by Gasteiger charge is -2.34. The lowest BCUT2D eigenvalue weighted by molar-refractivity contribution is 0.0737. The van der Waals surface area contributed by atoms with E-state index in [1.807, 2.05) is 26.0 Å². The van der Waals surface area contributed by atoms with Crippen LogP contribution in [0.3, 0.4) is 0 Å². The van der Waals surface area contributed by atoms with Crippen LogP contribution in [-0.4, -0.2) is 48.4 Å². The van der Waals surface area contributed by atoms with Crippen LogP contribution in [0.5, 0.6) is 5.75 Å². The maximum absolute atomic E-state index is 12.2. The molecule has 0 bridgehead atoms. The van der Waals surface area contributed by atoms with Crippen molar-refractivity contribution in [1.29, 1.82) is 0 Å². The van der Waals surface area contributed by atoms with Gasteiger partial charge in [0.05, 0.1) is 12.6 Å². The van der Waals surface area contributed by atoms with Gasteiger partial charge in [-0.3, -0.25) is 0 Å². The van der Waals surface area contributed by atoms with E-state index in [9.17, 15) is 9.90 Å². The summed E-state index contributed by atoms with van der Waals surface area (Å²) >= 11 is 0. The number of aliphatic hydroxyl groups excluding tert-OH is 1. The number of hydrogen-bond acceptors (Lipinski definition) is 3. The zero-order valence-electron chi connectivity index (χ0n) is 14.3. The number of nitrogens with one attached hydrogen (secondary N) is 1. The number of benzene rings is 1. The van der Waals surface area contributed by atoms with Gasteiger partial charge >= 0.3 is 6.03 Å². The van der Waals surface area contributed by atoms with Gasteiger partial charge in [0.15, 0.2) is 0 Å². The highest BCUT2D eigenvalue weighted by Gasteiger charge is 2.26. The minimum Gasteiger partial charge on any atom is -0.492 e. The van der Waals surface area contributed by atoms with Crippen LogP contribution in [0, 0.1) is 19.8 Å². The number of carbonyl (C=O) groups excluding carboxylic acids is 1.